The topological polar surface area (TPSA) is 127 Å². The number of nitrogen functional groups attached to an aromatic ring is 1. The molecule has 0 bridgehead atoms. The van der Waals surface area contributed by atoms with Crippen molar-refractivity contribution in [2.75, 3.05) is 44.2 Å². The molecule has 2 aromatic rings. The van der Waals surface area contributed by atoms with E-state index in [9.17, 15) is 9.59 Å². The molecule has 0 spiro atoms. The van der Waals surface area contributed by atoms with Crippen LogP contribution in [0.1, 0.15) is 53.7 Å². The molecule has 214 valence electrons. The number of thioether (sulfide) groups is 2. The predicted molar refractivity (Wildman–Crippen MR) is 155 cm³/mol. The number of hydrogen-bond donors (Lipinski definition) is 1. The van der Waals surface area contributed by atoms with Crippen molar-refractivity contribution in [2.24, 2.45) is 10.8 Å². The largest absolute Gasteiger partial charge is 0.382 e. The summed E-state index contributed by atoms with van der Waals surface area (Å²) in [6.07, 6.45) is 2.61. The lowest BCUT2D eigenvalue weighted by molar-refractivity contribution is -0.118. The summed E-state index contributed by atoms with van der Waals surface area (Å²) in [6.45, 7) is 12.2. The van der Waals surface area contributed by atoms with E-state index < -0.39 is 19.4 Å². The fourth-order valence-corrected chi connectivity index (χ4v) is 5.77. The molecule has 0 saturated carbocycles. The van der Waals surface area contributed by atoms with Crippen LogP contribution in [-0.2, 0) is 34.3 Å². The van der Waals surface area contributed by atoms with Crippen LogP contribution in [0.5, 0.6) is 0 Å². The highest BCUT2D eigenvalue weighted by Gasteiger charge is 2.24. The van der Waals surface area contributed by atoms with E-state index in [2.05, 4.69) is 10.1 Å². The number of nitrogens with zero attached hydrogens (tertiary/aromatic N) is 3. The Morgan fingerprint density at radius 1 is 1.00 bits per heavy atom. The van der Waals surface area contributed by atoms with E-state index in [1.165, 1.54) is 29.9 Å². The van der Waals surface area contributed by atoms with Crippen LogP contribution in [0.15, 0.2) is 18.5 Å². The highest BCUT2D eigenvalue weighted by Crippen LogP contribution is 2.40. The molecule has 0 saturated heterocycles. The number of rotatable bonds is 15. The van der Waals surface area contributed by atoms with Crippen LogP contribution in [0.4, 0.5) is 5.82 Å². The van der Waals surface area contributed by atoms with Gasteiger partial charge in [-0.15, -0.1) is 0 Å². The van der Waals surface area contributed by atoms with Crippen LogP contribution < -0.4 is 5.73 Å². The zero-order valence-electron chi connectivity index (χ0n) is 23.4. The average Bonchev–Trinajstić information content (AvgIpc) is 3.26. The van der Waals surface area contributed by atoms with Gasteiger partial charge in [0.25, 0.3) is 0 Å². The maximum atomic E-state index is 12.2. The van der Waals surface area contributed by atoms with Gasteiger partial charge in [-0.3, -0.25) is 9.59 Å². The monoisotopic (exact) mass is 588 g/mol. The highest BCUT2D eigenvalue weighted by atomic mass is 32.2. The number of ether oxygens (including phenoxy) is 1. The molecule has 2 N–H and O–H groups in total. The standard InChI is InChI=1S/C25H41N4O6PS2/c1-24(2,3)22(30)37-14-12-33-36(34-13-15-38-23(31)25(4,5)6)35-16-19(32-7)10-8-18-9-11-20-21(26)27-17-28-29(18)20/h9,11,17,19H,8,10,12-16H2,1-7H3,(H2,26,27,28). The molecule has 0 aliphatic heterocycles. The molecule has 0 aliphatic carbocycles. The second kappa shape index (κ2) is 15.5. The fraction of sp³-hybridized carbons (Fsp3) is 0.680. The molecule has 2 heterocycles. The third-order valence-electron chi connectivity index (χ3n) is 5.23. The zero-order chi connectivity index (χ0) is 28.3. The van der Waals surface area contributed by atoms with Gasteiger partial charge in [-0.05, 0) is 25.0 Å². The Hall–Kier alpha value is -1.27. The van der Waals surface area contributed by atoms with Crippen molar-refractivity contribution in [3.8, 4) is 0 Å². The summed E-state index contributed by atoms with van der Waals surface area (Å²) in [5, 5.41) is 4.49. The SMILES string of the molecule is COC(CCc1ccc2c(N)ncnn12)COP(OCCSC(=O)C(C)(C)C)OCCSC(=O)C(C)(C)C. The third kappa shape index (κ3) is 11.1. The fourth-order valence-electron chi connectivity index (χ4n) is 2.96. The molecule has 0 amide bonds. The van der Waals surface area contributed by atoms with Crippen molar-refractivity contribution in [3.05, 3.63) is 24.2 Å². The summed E-state index contributed by atoms with van der Waals surface area (Å²) in [6, 6.07) is 3.87. The Bertz CT molecular complexity index is 1010. The molecule has 0 fully saturated rings. The van der Waals surface area contributed by atoms with Gasteiger partial charge in [-0.1, -0.05) is 65.1 Å². The number of nitrogens with two attached hydrogens (primary N) is 1. The minimum atomic E-state index is -1.68. The Labute approximate surface area is 235 Å². The number of aryl methyl sites for hydroxylation is 1. The summed E-state index contributed by atoms with van der Waals surface area (Å²) in [7, 11) is -0.0400. The predicted octanol–water partition coefficient (Wildman–Crippen LogP) is 5.15. The van der Waals surface area contributed by atoms with Gasteiger partial charge in [-0.25, -0.2) is 9.50 Å². The van der Waals surface area contributed by atoms with Gasteiger partial charge in [0, 0.05) is 35.1 Å². The molecule has 38 heavy (non-hydrogen) atoms. The molecular formula is C25H41N4O6PS2. The maximum absolute atomic E-state index is 12.2. The zero-order valence-corrected chi connectivity index (χ0v) is 25.9. The van der Waals surface area contributed by atoms with E-state index in [-0.39, 0.29) is 22.9 Å². The van der Waals surface area contributed by atoms with Gasteiger partial charge in [-0.2, -0.15) is 5.10 Å². The normalized spacial score (nSPS) is 13.4. The third-order valence-corrected chi connectivity index (χ3v) is 8.87. The molecule has 0 aromatic carbocycles. The molecule has 13 heteroatoms. The molecule has 1 unspecified atom stereocenters. The molecule has 2 rings (SSSR count). The lowest BCUT2D eigenvalue weighted by atomic mass is 9.99. The van der Waals surface area contributed by atoms with Crippen molar-refractivity contribution < 1.29 is 27.9 Å². The van der Waals surface area contributed by atoms with Crippen molar-refractivity contribution in [1.29, 1.82) is 0 Å². The second-order valence-electron chi connectivity index (χ2n) is 10.6. The van der Waals surface area contributed by atoms with E-state index in [1.807, 2.05) is 53.7 Å². The van der Waals surface area contributed by atoms with Crippen LogP contribution in [0.2, 0.25) is 0 Å². The van der Waals surface area contributed by atoms with Gasteiger partial charge in [0.15, 0.2) is 16.0 Å². The summed E-state index contributed by atoms with van der Waals surface area (Å²) < 4.78 is 25.1. The first-order valence-electron chi connectivity index (χ1n) is 12.5. The van der Waals surface area contributed by atoms with Crippen molar-refractivity contribution in [3.63, 3.8) is 0 Å². The first-order valence-corrected chi connectivity index (χ1v) is 15.5. The average molecular weight is 589 g/mol. The highest BCUT2D eigenvalue weighted by molar-refractivity contribution is 8.14. The van der Waals surface area contributed by atoms with E-state index in [1.54, 1.807) is 11.6 Å². The van der Waals surface area contributed by atoms with Gasteiger partial charge in [0.1, 0.15) is 11.8 Å². The van der Waals surface area contributed by atoms with E-state index in [0.717, 1.165) is 11.2 Å². The summed E-state index contributed by atoms with van der Waals surface area (Å²) in [5.74, 6) is 1.43. The number of aromatic nitrogens is 3. The lowest BCUT2D eigenvalue weighted by Gasteiger charge is -2.21. The molecular weight excluding hydrogens is 547 g/mol. The molecule has 0 radical (unpaired) electrons. The summed E-state index contributed by atoms with van der Waals surface area (Å²) >= 11 is 2.48. The van der Waals surface area contributed by atoms with E-state index in [0.29, 0.717) is 43.4 Å². The first kappa shape index (κ1) is 32.9. The smallest absolute Gasteiger partial charge is 0.332 e. The maximum Gasteiger partial charge on any atom is 0.332 e. The quantitative estimate of drug-likeness (QED) is 0.219. The van der Waals surface area contributed by atoms with Crippen molar-refractivity contribution in [1.82, 2.24) is 14.6 Å². The summed E-state index contributed by atoms with van der Waals surface area (Å²) in [4.78, 5) is 28.4. The van der Waals surface area contributed by atoms with Gasteiger partial charge in [0.05, 0.1) is 25.9 Å². The molecule has 0 aliphatic rings. The van der Waals surface area contributed by atoms with Gasteiger partial charge in [0.2, 0.25) is 0 Å². The first-order chi connectivity index (χ1) is 17.8. The second-order valence-corrected chi connectivity index (χ2v) is 14.0. The van der Waals surface area contributed by atoms with Crippen LogP contribution in [-0.4, -0.2) is 69.4 Å². The number of methoxy groups -OCH3 is 1. The Morgan fingerprint density at radius 2 is 1.58 bits per heavy atom. The van der Waals surface area contributed by atoms with E-state index in [4.69, 9.17) is 24.0 Å². The number of anilines is 1. The number of hydrogen-bond acceptors (Lipinski definition) is 11. The molecule has 10 nitrogen and oxygen atoms in total. The Morgan fingerprint density at radius 3 is 2.11 bits per heavy atom. The molecule has 2 aromatic heterocycles. The number of carbonyl (C=O) groups is 2. The Kier molecular flexibility index (Phi) is 13.4. The van der Waals surface area contributed by atoms with Gasteiger partial charge >= 0.3 is 8.60 Å². The Balaban J connectivity index is 1.87. The van der Waals surface area contributed by atoms with Crippen LogP contribution >= 0.6 is 32.1 Å². The summed E-state index contributed by atoms with van der Waals surface area (Å²) in [5.41, 5.74) is 6.87. The van der Waals surface area contributed by atoms with E-state index >= 15 is 0 Å². The van der Waals surface area contributed by atoms with Crippen molar-refractivity contribution >= 4 is 53.7 Å². The van der Waals surface area contributed by atoms with Crippen LogP contribution in [0.3, 0.4) is 0 Å². The van der Waals surface area contributed by atoms with Crippen LogP contribution in [0.25, 0.3) is 5.52 Å². The minimum absolute atomic E-state index is 0.105. The molecule has 1 atom stereocenters. The van der Waals surface area contributed by atoms with Crippen molar-refractivity contribution in [2.45, 2.75) is 60.5 Å². The number of carbonyl (C=O) groups excluding carboxylic acids is 2. The van der Waals surface area contributed by atoms with Gasteiger partial charge < -0.3 is 24.0 Å². The lowest BCUT2D eigenvalue weighted by Crippen LogP contribution is -2.20. The number of fused-ring (bicyclic) bond motifs is 1. The van der Waals surface area contributed by atoms with Crippen LogP contribution in [0, 0.1) is 10.8 Å². The minimum Gasteiger partial charge on any atom is -0.382 e.